The Kier molecular flexibility index (Phi) is 5.39. The zero-order chi connectivity index (χ0) is 15.2. The molecule has 0 unspecified atom stereocenters. The lowest BCUT2D eigenvalue weighted by Crippen LogP contribution is -2.37. The molecule has 21 heavy (non-hydrogen) atoms. The Morgan fingerprint density at radius 1 is 1.33 bits per heavy atom. The number of carbonyl (C=O) groups is 1. The number of aliphatic hydroxyl groups is 1. The molecule has 0 saturated heterocycles. The third kappa shape index (κ3) is 4.60. The molecule has 2 N–H and O–H groups in total. The Bertz CT molecular complexity index is 517. The van der Waals surface area contributed by atoms with Gasteiger partial charge in [-0.3, -0.25) is 4.79 Å². The number of amides is 1. The highest BCUT2D eigenvalue weighted by Gasteiger charge is 2.19. The summed E-state index contributed by atoms with van der Waals surface area (Å²) in [5.74, 6) is 0.658. The van der Waals surface area contributed by atoms with E-state index in [9.17, 15) is 9.90 Å². The molecule has 1 aliphatic carbocycles. The minimum atomic E-state index is -0.203. The average Bonchev–Trinajstić information content (AvgIpc) is 2.48. The molecule has 0 bridgehead atoms. The molecule has 114 valence electrons. The van der Waals surface area contributed by atoms with E-state index in [1.54, 1.807) is 19.3 Å². The maximum Gasteiger partial charge on any atom is 0.244 e. The molecule has 1 amide bonds. The number of hydrogen-bond acceptors (Lipinski definition) is 3. The van der Waals surface area contributed by atoms with Gasteiger partial charge in [0.25, 0.3) is 0 Å². The molecule has 0 atom stereocenters. The van der Waals surface area contributed by atoms with E-state index in [-0.39, 0.29) is 18.1 Å². The average molecular weight is 289 g/mol. The zero-order valence-electron chi connectivity index (χ0n) is 12.6. The molecule has 1 aromatic rings. The molecule has 4 nitrogen and oxygen atoms in total. The van der Waals surface area contributed by atoms with E-state index in [0.717, 1.165) is 42.6 Å². The van der Waals surface area contributed by atoms with Crippen LogP contribution in [0.3, 0.4) is 0 Å². The van der Waals surface area contributed by atoms with Gasteiger partial charge in [-0.1, -0.05) is 11.6 Å². The molecule has 0 radical (unpaired) electrons. The monoisotopic (exact) mass is 289 g/mol. The van der Waals surface area contributed by atoms with Crippen molar-refractivity contribution in [2.24, 2.45) is 0 Å². The van der Waals surface area contributed by atoms with Crippen molar-refractivity contribution in [3.05, 3.63) is 35.4 Å². The second-order valence-electron chi connectivity index (χ2n) is 5.59. The number of methoxy groups -OCH3 is 1. The van der Waals surface area contributed by atoms with E-state index >= 15 is 0 Å². The van der Waals surface area contributed by atoms with Crippen molar-refractivity contribution >= 4 is 12.0 Å². The first kappa shape index (κ1) is 15.6. The van der Waals surface area contributed by atoms with Crippen molar-refractivity contribution in [1.82, 2.24) is 5.32 Å². The highest BCUT2D eigenvalue weighted by molar-refractivity contribution is 5.92. The standard InChI is InChI=1S/C17H23NO3/c1-12-3-9-16(21-2)13(11-12)4-10-17(20)18-14-5-7-15(19)8-6-14/h3-4,9-11,14-15,19H,5-8H2,1-2H3,(H,18,20). The van der Waals surface area contributed by atoms with Gasteiger partial charge in [-0.2, -0.15) is 0 Å². The topological polar surface area (TPSA) is 58.6 Å². The predicted octanol–water partition coefficient (Wildman–Crippen LogP) is 2.44. The lowest BCUT2D eigenvalue weighted by atomic mass is 9.93. The summed E-state index contributed by atoms with van der Waals surface area (Å²) >= 11 is 0. The molecular formula is C17H23NO3. The fourth-order valence-electron chi connectivity index (χ4n) is 2.62. The molecular weight excluding hydrogens is 266 g/mol. The van der Waals surface area contributed by atoms with E-state index in [4.69, 9.17) is 4.74 Å². The van der Waals surface area contributed by atoms with Crippen LogP contribution >= 0.6 is 0 Å². The number of benzene rings is 1. The Morgan fingerprint density at radius 3 is 2.71 bits per heavy atom. The van der Waals surface area contributed by atoms with Crippen LogP contribution in [0.2, 0.25) is 0 Å². The van der Waals surface area contributed by atoms with Gasteiger partial charge in [0.2, 0.25) is 5.91 Å². The van der Waals surface area contributed by atoms with Crippen LogP contribution in [0.15, 0.2) is 24.3 Å². The maximum atomic E-state index is 11.9. The molecule has 1 saturated carbocycles. The van der Waals surface area contributed by atoms with Gasteiger partial charge in [-0.25, -0.2) is 0 Å². The van der Waals surface area contributed by atoms with Gasteiger partial charge < -0.3 is 15.2 Å². The zero-order valence-corrected chi connectivity index (χ0v) is 12.6. The highest BCUT2D eigenvalue weighted by atomic mass is 16.5. The van der Waals surface area contributed by atoms with Crippen LogP contribution in [0.5, 0.6) is 5.75 Å². The van der Waals surface area contributed by atoms with Crippen LogP contribution in [0.25, 0.3) is 6.08 Å². The van der Waals surface area contributed by atoms with Crippen LogP contribution in [-0.2, 0) is 4.79 Å². The van der Waals surface area contributed by atoms with E-state index in [1.165, 1.54) is 0 Å². The summed E-state index contributed by atoms with van der Waals surface area (Å²) in [5, 5.41) is 12.4. The van der Waals surface area contributed by atoms with Gasteiger partial charge in [0.15, 0.2) is 0 Å². The normalized spacial score (nSPS) is 22.2. The number of aryl methyl sites for hydroxylation is 1. The largest absolute Gasteiger partial charge is 0.496 e. The quantitative estimate of drug-likeness (QED) is 0.837. The van der Waals surface area contributed by atoms with Crippen LogP contribution in [0.4, 0.5) is 0 Å². The highest BCUT2D eigenvalue weighted by Crippen LogP contribution is 2.21. The smallest absolute Gasteiger partial charge is 0.244 e. The van der Waals surface area contributed by atoms with Crippen LogP contribution in [0, 0.1) is 6.92 Å². The third-order valence-electron chi connectivity index (χ3n) is 3.84. The van der Waals surface area contributed by atoms with Crippen molar-refractivity contribution < 1.29 is 14.6 Å². The molecule has 0 aliphatic heterocycles. The van der Waals surface area contributed by atoms with E-state index in [1.807, 2.05) is 25.1 Å². The van der Waals surface area contributed by atoms with Gasteiger partial charge in [-0.15, -0.1) is 0 Å². The predicted molar refractivity (Wildman–Crippen MR) is 83.2 cm³/mol. The maximum absolute atomic E-state index is 11.9. The van der Waals surface area contributed by atoms with Gasteiger partial charge in [0.05, 0.1) is 13.2 Å². The summed E-state index contributed by atoms with van der Waals surface area (Å²) < 4.78 is 5.28. The van der Waals surface area contributed by atoms with E-state index in [0.29, 0.717) is 0 Å². The molecule has 0 spiro atoms. The Hall–Kier alpha value is -1.81. The summed E-state index contributed by atoms with van der Waals surface area (Å²) in [5.41, 5.74) is 2.02. The lowest BCUT2D eigenvalue weighted by molar-refractivity contribution is -0.117. The summed E-state index contributed by atoms with van der Waals surface area (Å²) in [4.78, 5) is 11.9. The molecule has 1 aliphatic rings. The van der Waals surface area contributed by atoms with Crippen LogP contribution in [0.1, 0.15) is 36.8 Å². The fourth-order valence-corrected chi connectivity index (χ4v) is 2.62. The minimum Gasteiger partial charge on any atom is -0.496 e. The van der Waals surface area contributed by atoms with Crippen LogP contribution < -0.4 is 10.1 Å². The third-order valence-corrected chi connectivity index (χ3v) is 3.84. The number of nitrogens with one attached hydrogen (secondary N) is 1. The number of rotatable bonds is 4. The van der Waals surface area contributed by atoms with Gasteiger partial charge in [0, 0.05) is 17.7 Å². The van der Waals surface area contributed by atoms with Crippen LogP contribution in [-0.4, -0.2) is 30.3 Å². The SMILES string of the molecule is COc1ccc(C)cc1C=CC(=O)NC1CCC(O)CC1. The van der Waals surface area contributed by atoms with E-state index < -0.39 is 0 Å². The number of hydrogen-bond donors (Lipinski definition) is 2. The Balaban J connectivity index is 1.94. The summed E-state index contributed by atoms with van der Waals surface area (Å²) in [6, 6.07) is 6.03. The molecule has 4 heteroatoms. The molecule has 0 heterocycles. The van der Waals surface area contributed by atoms with E-state index in [2.05, 4.69) is 5.32 Å². The Labute approximate surface area is 125 Å². The summed E-state index contributed by atoms with van der Waals surface area (Å²) in [6.45, 7) is 2.00. The first-order chi connectivity index (χ1) is 10.1. The molecule has 1 aromatic carbocycles. The second kappa shape index (κ2) is 7.27. The summed E-state index contributed by atoms with van der Waals surface area (Å²) in [6.07, 6.45) is 6.33. The van der Waals surface area contributed by atoms with Crippen molar-refractivity contribution in [3.8, 4) is 5.75 Å². The minimum absolute atomic E-state index is 0.0973. The van der Waals surface area contributed by atoms with Crippen molar-refractivity contribution in [3.63, 3.8) is 0 Å². The number of ether oxygens (including phenoxy) is 1. The number of aliphatic hydroxyl groups excluding tert-OH is 1. The summed E-state index contributed by atoms with van der Waals surface area (Å²) in [7, 11) is 1.62. The fraction of sp³-hybridized carbons (Fsp3) is 0.471. The van der Waals surface area contributed by atoms with Crippen molar-refractivity contribution in [1.29, 1.82) is 0 Å². The first-order valence-electron chi connectivity index (χ1n) is 7.40. The van der Waals surface area contributed by atoms with Gasteiger partial charge in [-0.05, 0) is 50.8 Å². The molecule has 1 fully saturated rings. The Morgan fingerprint density at radius 2 is 2.05 bits per heavy atom. The second-order valence-corrected chi connectivity index (χ2v) is 5.59. The lowest BCUT2D eigenvalue weighted by Gasteiger charge is -2.25. The van der Waals surface area contributed by atoms with Crippen molar-refractivity contribution in [2.75, 3.05) is 7.11 Å². The molecule has 0 aromatic heterocycles. The van der Waals surface area contributed by atoms with Gasteiger partial charge in [0.1, 0.15) is 5.75 Å². The first-order valence-corrected chi connectivity index (χ1v) is 7.40. The van der Waals surface area contributed by atoms with Gasteiger partial charge >= 0.3 is 0 Å². The molecule has 2 rings (SSSR count). The van der Waals surface area contributed by atoms with Crippen molar-refractivity contribution in [2.45, 2.75) is 44.8 Å². The number of carbonyl (C=O) groups excluding carboxylic acids is 1.